The first kappa shape index (κ1) is 15.9. The van der Waals surface area contributed by atoms with Gasteiger partial charge in [-0.15, -0.1) is 0 Å². The molecule has 1 saturated carbocycles. The van der Waals surface area contributed by atoms with Gasteiger partial charge in [-0.3, -0.25) is 4.79 Å². The van der Waals surface area contributed by atoms with Gasteiger partial charge >= 0.3 is 0 Å². The number of fused-ring (bicyclic) bond motifs is 1. The first-order valence-electron chi connectivity index (χ1n) is 7.10. The summed E-state index contributed by atoms with van der Waals surface area (Å²) in [6.07, 6.45) is -0.499. The van der Waals surface area contributed by atoms with Crippen LogP contribution in [-0.4, -0.2) is 54.5 Å². The molecule has 2 aliphatic rings. The van der Waals surface area contributed by atoms with E-state index >= 15 is 0 Å². The summed E-state index contributed by atoms with van der Waals surface area (Å²) in [4.78, 5) is 12.4. The molecule has 6 heteroatoms. The van der Waals surface area contributed by atoms with E-state index in [1.54, 1.807) is 6.92 Å². The van der Waals surface area contributed by atoms with Crippen LogP contribution in [-0.2, 0) is 23.7 Å². The molecule has 2 rings (SSSR count). The van der Waals surface area contributed by atoms with Gasteiger partial charge in [0.15, 0.2) is 17.7 Å². The van der Waals surface area contributed by atoms with Gasteiger partial charge < -0.3 is 24.1 Å². The normalized spacial score (nSPS) is 42.5. The van der Waals surface area contributed by atoms with Gasteiger partial charge in [-0.1, -0.05) is 6.92 Å². The van der Waals surface area contributed by atoms with Crippen molar-refractivity contribution in [1.29, 1.82) is 0 Å². The van der Waals surface area contributed by atoms with Crippen molar-refractivity contribution in [2.75, 3.05) is 20.0 Å². The molecule has 1 N–H and O–H groups in total. The maximum Gasteiger partial charge on any atom is 0.181 e. The van der Waals surface area contributed by atoms with Crippen LogP contribution in [0.3, 0.4) is 0 Å². The molecule has 1 aliphatic heterocycles. The van der Waals surface area contributed by atoms with E-state index in [0.717, 1.165) is 0 Å². The predicted octanol–water partition coefficient (Wildman–Crippen LogP) is 0.857. The zero-order valence-electron chi connectivity index (χ0n) is 12.5. The van der Waals surface area contributed by atoms with Crippen molar-refractivity contribution in [1.82, 2.24) is 0 Å². The Kier molecular flexibility index (Phi) is 4.51. The Hall–Kier alpha value is -0.530. The minimum atomic E-state index is -1.26. The van der Waals surface area contributed by atoms with Crippen molar-refractivity contribution in [3.05, 3.63) is 0 Å². The highest BCUT2D eigenvalue weighted by molar-refractivity contribution is 5.91. The highest BCUT2D eigenvalue weighted by Crippen LogP contribution is 2.48. The third-order valence-electron chi connectivity index (χ3n) is 4.72. The largest absolute Gasteiger partial charge is 0.393 e. The number of aliphatic hydroxyl groups is 1. The third kappa shape index (κ3) is 2.19. The smallest absolute Gasteiger partial charge is 0.181 e. The lowest BCUT2D eigenvalue weighted by molar-refractivity contribution is -0.217. The Morgan fingerprint density at radius 1 is 1.50 bits per heavy atom. The van der Waals surface area contributed by atoms with Crippen LogP contribution in [0.1, 0.15) is 34.1 Å². The van der Waals surface area contributed by atoms with Gasteiger partial charge in [-0.25, -0.2) is 0 Å². The number of aliphatic hydroxyl groups excluding tert-OH is 1. The minimum Gasteiger partial charge on any atom is -0.393 e. The second kappa shape index (κ2) is 5.69. The molecule has 1 heterocycles. The van der Waals surface area contributed by atoms with Crippen molar-refractivity contribution in [3.63, 3.8) is 0 Å². The molecule has 0 radical (unpaired) electrons. The Balaban J connectivity index is 2.20. The fraction of sp³-hybridized carbons (Fsp3) is 0.929. The summed E-state index contributed by atoms with van der Waals surface area (Å²) in [6.45, 7) is 7.65. The number of ether oxygens (including phenoxy) is 4. The van der Waals surface area contributed by atoms with Crippen LogP contribution in [0.2, 0.25) is 0 Å². The van der Waals surface area contributed by atoms with Crippen molar-refractivity contribution < 1.29 is 28.8 Å². The highest BCUT2D eigenvalue weighted by atomic mass is 16.7. The summed E-state index contributed by atoms with van der Waals surface area (Å²) < 4.78 is 22.3. The average molecular weight is 288 g/mol. The SMILES string of the molecule is CCOC(C)OC1CC(=O)C2(CO)OCOC2(C)C1C. The molecular formula is C14H24O6. The number of carbonyl (C=O) groups excluding carboxylic acids is 1. The molecule has 5 atom stereocenters. The standard InChI is InChI=1S/C14H24O6/c1-5-17-10(3)20-11-6-12(16)14(7-15)13(4,9(11)2)18-8-19-14/h9-11,15H,5-8H2,1-4H3. The molecule has 6 nitrogen and oxygen atoms in total. The van der Waals surface area contributed by atoms with Gasteiger partial charge in [0.05, 0.1) is 12.7 Å². The highest BCUT2D eigenvalue weighted by Gasteiger charge is 2.66. The zero-order valence-corrected chi connectivity index (χ0v) is 12.5. The van der Waals surface area contributed by atoms with Crippen LogP contribution < -0.4 is 0 Å². The van der Waals surface area contributed by atoms with E-state index in [2.05, 4.69) is 0 Å². The summed E-state index contributed by atoms with van der Waals surface area (Å²) in [5, 5.41) is 9.67. The van der Waals surface area contributed by atoms with Crippen LogP contribution in [0.4, 0.5) is 0 Å². The van der Waals surface area contributed by atoms with Crippen molar-refractivity contribution in [2.45, 2.75) is 57.7 Å². The fourth-order valence-corrected chi connectivity index (χ4v) is 3.22. The summed E-state index contributed by atoms with van der Waals surface area (Å²) >= 11 is 0. The molecule has 0 spiro atoms. The second-order valence-electron chi connectivity index (χ2n) is 5.61. The minimum absolute atomic E-state index is 0.0148. The van der Waals surface area contributed by atoms with Crippen LogP contribution in [0.5, 0.6) is 0 Å². The van der Waals surface area contributed by atoms with Crippen molar-refractivity contribution in [3.8, 4) is 0 Å². The maximum atomic E-state index is 12.4. The van der Waals surface area contributed by atoms with Gasteiger partial charge in [0.2, 0.25) is 0 Å². The van der Waals surface area contributed by atoms with E-state index in [9.17, 15) is 9.90 Å². The molecule has 0 aromatic carbocycles. The number of hydrogen-bond donors (Lipinski definition) is 1. The number of hydrogen-bond acceptors (Lipinski definition) is 6. The van der Waals surface area contributed by atoms with Crippen molar-refractivity contribution >= 4 is 5.78 Å². The summed E-state index contributed by atoms with van der Waals surface area (Å²) in [5.74, 6) is -0.274. The molecule has 116 valence electrons. The number of ketones is 1. The quantitative estimate of drug-likeness (QED) is 0.756. The number of Topliss-reactive ketones (excluding diaryl/α,β-unsaturated/α-hetero) is 1. The van der Waals surface area contributed by atoms with Gasteiger partial charge in [0.1, 0.15) is 12.4 Å². The zero-order chi connectivity index (χ0) is 15.0. The Morgan fingerprint density at radius 2 is 2.20 bits per heavy atom. The topological polar surface area (TPSA) is 74.2 Å². The maximum absolute atomic E-state index is 12.4. The van der Waals surface area contributed by atoms with E-state index in [1.807, 2.05) is 20.8 Å². The fourth-order valence-electron chi connectivity index (χ4n) is 3.22. The molecule has 20 heavy (non-hydrogen) atoms. The monoisotopic (exact) mass is 288 g/mol. The second-order valence-corrected chi connectivity index (χ2v) is 5.61. The van der Waals surface area contributed by atoms with Gasteiger partial charge in [-0.2, -0.15) is 0 Å². The van der Waals surface area contributed by atoms with Crippen LogP contribution in [0.25, 0.3) is 0 Å². The molecule has 2 fully saturated rings. The van der Waals surface area contributed by atoms with E-state index in [0.29, 0.717) is 6.61 Å². The van der Waals surface area contributed by atoms with E-state index in [-0.39, 0.29) is 43.9 Å². The van der Waals surface area contributed by atoms with Crippen LogP contribution >= 0.6 is 0 Å². The van der Waals surface area contributed by atoms with E-state index in [4.69, 9.17) is 18.9 Å². The molecule has 1 aliphatic carbocycles. The lowest BCUT2D eigenvalue weighted by atomic mass is 9.65. The first-order valence-corrected chi connectivity index (χ1v) is 7.10. The van der Waals surface area contributed by atoms with Crippen LogP contribution in [0.15, 0.2) is 0 Å². The Bertz CT molecular complexity index is 373. The molecule has 0 bridgehead atoms. The summed E-state index contributed by atoms with van der Waals surface area (Å²) in [5.41, 5.74) is -2.14. The summed E-state index contributed by atoms with van der Waals surface area (Å²) in [7, 11) is 0. The molecular weight excluding hydrogens is 264 g/mol. The Morgan fingerprint density at radius 3 is 2.80 bits per heavy atom. The third-order valence-corrected chi connectivity index (χ3v) is 4.72. The first-order chi connectivity index (χ1) is 9.41. The lowest BCUT2D eigenvalue weighted by Crippen LogP contribution is -2.67. The number of carbonyl (C=O) groups is 1. The Labute approximate surface area is 119 Å². The van der Waals surface area contributed by atoms with Gasteiger partial charge in [-0.05, 0) is 20.8 Å². The van der Waals surface area contributed by atoms with E-state index < -0.39 is 11.2 Å². The van der Waals surface area contributed by atoms with Gasteiger partial charge in [0.25, 0.3) is 0 Å². The van der Waals surface area contributed by atoms with Gasteiger partial charge in [0, 0.05) is 18.9 Å². The summed E-state index contributed by atoms with van der Waals surface area (Å²) in [6, 6.07) is 0. The number of rotatable bonds is 5. The molecule has 5 unspecified atom stereocenters. The van der Waals surface area contributed by atoms with Crippen molar-refractivity contribution in [2.24, 2.45) is 5.92 Å². The molecule has 0 aromatic heterocycles. The molecule has 0 amide bonds. The molecule has 0 aromatic rings. The van der Waals surface area contributed by atoms with E-state index in [1.165, 1.54) is 0 Å². The lowest BCUT2D eigenvalue weighted by Gasteiger charge is -2.49. The predicted molar refractivity (Wildman–Crippen MR) is 70.0 cm³/mol. The average Bonchev–Trinajstić information content (AvgIpc) is 2.76. The van der Waals surface area contributed by atoms with Crippen LogP contribution in [0, 0.1) is 5.92 Å². The molecule has 1 saturated heterocycles.